The molecule has 0 aliphatic heterocycles. The minimum atomic E-state index is -0.0835. The van der Waals surface area contributed by atoms with Crippen LogP contribution in [0.3, 0.4) is 0 Å². The highest BCUT2D eigenvalue weighted by Crippen LogP contribution is 2.09. The summed E-state index contributed by atoms with van der Waals surface area (Å²) in [4.78, 5) is 12.3. The summed E-state index contributed by atoms with van der Waals surface area (Å²) in [5, 5.41) is 11.8. The van der Waals surface area contributed by atoms with Gasteiger partial charge in [0, 0.05) is 23.8 Å². The first-order valence-electron chi connectivity index (χ1n) is 6.71. The molecule has 0 saturated carbocycles. The molecule has 1 unspecified atom stereocenters. The number of hydrogen-bond acceptors (Lipinski definition) is 3. The van der Waals surface area contributed by atoms with E-state index in [0.717, 1.165) is 12.2 Å². The van der Waals surface area contributed by atoms with E-state index in [1.54, 1.807) is 17.8 Å². The van der Waals surface area contributed by atoms with Crippen molar-refractivity contribution in [2.24, 2.45) is 0 Å². The van der Waals surface area contributed by atoms with E-state index in [-0.39, 0.29) is 18.6 Å². The van der Waals surface area contributed by atoms with Crippen molar-refractivity contribution in [2.45, 2.75) is 25.8 Å². The first kappa shape index (κ1) is 16.6. The molecule has 0 aliphatic rings. The Morgan fingerprint density at radius 2 is 2.20 bits per heavy atom. The van der Waals surface area contributed by atoms with E-state index in [2.05, 4.69) is 24.1 Å². The van der Waals surface area contributed by atoms with E-state index >= 15 is 0 Å². The van der Waals surface area contributed by atoms with E-state index in [9.17, 15) is 4.79 Å². The van der Waals surface area contributed by atoms with E-state index in [1.165, 1.54) is 0 Å². The maximum atomic E-state index is 12.3. The highest BCUT2D eigenvalue weighted by molar-refractivity contribution is 7.98. The SMILES string of the molecule is CCC(CSC)NC(=O)c1ccccc1C#CCCO. The molecule has 1 amide bonds. The molecule has 1 aromatic rings. The van der Waals surface area contributed by atoms with Crippen LogP contribution in [0.1, 0.15) is 35.7 Å². The van der Waals surface area contributed by atoms with Crippen molar-refractivity contribution < 1.29 is 9.90 Å². The molecule has 1 rings (SSSR count). The standard InChI is InChI=1S/C16H21NO2S/c1-3-14(12-20-2)17-16(19)15-10-5-4-8-13(15)9-6-7-11-18/h4-5,8,10,14,18H,3,7,11-12H2,1-2H3,(H,17,19). The van der Waals surface area contributed by atoms with Crippen molar-refractivity contribution >= 4 is 17.7 Å². The van der Waals surface area contributed by atoms with Gasteiger partial charge in [-0.05, 0) is 24.8 Å². The maximum Gasteiger partial charge on any atom is 0.252 e. The number of carbonyl (C=O) groups excluding carboxylic acids is 1. The van der Waals surface area contributed by atoms with Crippen LogP contribution in [0.2, 0.25) is 0 Å². The van der Waals surface area contributed by atoms with Crippen LogP contribution in [0, 0.1) is 11.8 Å². The summed E-state index contributed by atoms with van der Waals surface area (Å²) in [5.74, 6) is 6.62. The third-order valence-corrected chi connectivity index (χ3v) is 3.56. The van der Waals surface area contributed by atoms with Crippen LogP contribution >= 0.6 is 11.8 Å². The van der Waals surface area contributed by atoms with Crippen LogP contribution in [0.4, 0.5) is 0 Å². The summed E-state index contributed by atoms with van der Waals surface area (Å²) >= 11 is 1.72. The molecule has 3 nitrogen and oxygen atoms in total. The Bertz CT molecular complexity index is 491. The number of rotatable bonds is 6. The number of benzene rings is 1. The lowest BCUT2D eigenvalue weighted by molar-refractivity contribution is 0.0940. The largest absolute Gasteiger partial charge is 0.395 e. The van der Waals surface area contributed by atoms with Gasteiger partial charge in [-0.2, -0.15) is 11.8 Å². The van der Waals surface area contributed by atoms with Crippen LogP contribution in [0.5, 0.6) is 0 Å². The van der Waals surface area contributed by atoms with E-state index in [4.69, 9.17) is 5.11 Å². The monoisotopic (exact) mass is 291 g/mol. The van der Waals surface area contributed by atoms with E-state index in [1.807, 2.05) is 24.5 Å². The first-order valence-corrected chi connectivity index (χ1v) is 8.10. The van der Waals surface area contributed by atoms with Crippen molar-refractivity contribution in [3.63, 3.8) is 0 Å². The Balaban J connectivity index is 2.85. The molecular formula is C16H21NO2S. The Labute approximate surface area is 125 Å². The van der Waals surface area contributed by atoms with Crippen LogP contribution in [-0.4, -0.2) is 35.7 Å². The first-order chi connectivity index (χ1) is 9.72. The topological polar surface area (TPSA) is 49.3 Å². The van der Waals surface area contributed by atoms with Crippen LogP contribution in [-0.2, 0) is 0 Å². The van der Waals surface area contributed by atoms with Gasteiger partial charge >= 0.3 is 0 Å². The molecule has 0 aromatic heterocycles. The van der Waals surface area contributed by atoms with Crippen molar-refractivity contribution in [3.8, 4) is 11.8 Å². The van der Waals surface area contributed by atoms with Gasteiger partial charge in [0.15, 0.2) is 0 Å². The number of thioether (sulfide) groups is 1. The van der Waals surface area contributed by atoms with E-state index < -0.39 is 0 Å². The van der Waals surface area contributed by atoms with Crippen LogP contribution in [0.25, 0.3) is 0 Å². The van der Waals surface area contributed by atoms with Gasteiger partial charge in [-0.3, -0.25) is 4.79 Å². The summed E-state index contributed by atoms with van der Waals surface area (Å²) in [6.07, 6.45) is 3.36. The summed E-state index contributed by atoms with van der Waals surface area (Å²) in [6, 6.07) is 7.48. The lowest BCUT2D eigenvalue weighted by atomic mass is 10.1. The highest BCUT2D eigenvalue weighted by Gasteiger charge is 2.13. The van der Waals surface area contributed by atoms with Crippen molar-refractivity contribution in [2.75, 3.05) is 18.6 Å². The molecule has 108 valence electrons. The number of amides is 1. The van der Waals surface area contributed by atoms with Crippen molar-refractivity contribution in [1.82, 2.24) is 5.32 Å². The lowest BCUT2D eigenvalue weighted by Gasteiger charge is -2.16. The minimum absolute atomic E-state index is 0.0347. The molecule has 0 aliphatic carbocycles. The highest BCUT2D eigenvalue weighted by atomic mass is 32.2. The zero-order valence-electron chi connectivity index (χ0n) is 12.0. The van der Waals surface area contributed by atoms with Gasteiger partial charge < -0.3 is 10.4 Å². The Kier molecular flexibility index (Phi) is 7.86. The van der Waals surface area contributed by atoms with Crippen LogP contribution in [0.15, 0.2) is 24.3 Å². The van der Waals surface area contributed by atoms with Gasteiger partial charge in [0.25, 0.3) is 5.91 Å². The number of hydrogen-bond donors (Lipinski definition) is 2. The normalized spacial score (nSPS) is 11.3. The summed E-state index contributed by atoms with van der Waals surface area (Å²) in [7, 11) is 0. The summed E-state index contributed by atoms with van der Waals surface area (Å²) in [6.45, 7) is 2.10. The Hall–Kier alpha value is -1.44. The average Bonchev–Trinajstić information content (AvgIpc) is 2.47. The molecule has 1 atom stereocenters. The van der Waals surface area contributed by atoms with Gasteiger partial charge in [0.2, 0.25) is 0 Å². The van der Waals surface area contributed by atoms with Gasteiger partial charge in [-0.25, -0.2) is 0 Å². The third kappa shape index (κ3) is 5.28. The second kappa shape index (κ2) is 9.46. The fourth-order valence-electron chi connectivity index (χ4n) is 1.73. The fraction of sp³-hybridized carbons (Fsp3) is 0.438. The quantitative estimate of drug-likeness (QED) is 0.791. The predicted octanol–water partition coefficient (Wildman–Crippen LogP) is 2.29. The van der Waals surface area contributed by atoms with Crippen LogP contribution < -0.4 is 5.32 Å². The van der Waals surface area contributed by atoms with Crippen molar-refractivity contribution in [3.05, 3.63) is 35.4 Å². The van der Waals surface area contributed by atoms with Gasteiger partial charge in [0.1, 0.15) is 0 Å². The summed E-state index contributed by atoms with van der Waals surface area (Å²) in [5.41, 5.74) is 1.30. The van der Waals surface area contributed by atoms with E-state index in [0.29, 0.717) is 17.5 Å². The molecule has 0 heterocycles. The molecular weight excluding hydrogens is 270 g/mol. The Morgan fingerprint density at radius 1 is 1.45 bits per heavy atom. The average molecular weight is 291 g/mol. The molecule has 0 bridgehead atoms. The second-order valence-electron chi connectivity index (χ2n) is 4.35. The van der Waals surface area contributed by atoms with Gasteiger partial charge in [-0.1, -0.05) is 30.9 Å². The predicted molar refractivity (Wildman–Crippen MR) is 85.0 cm³/mol. The van der Waals surface area contributed by atoms with Gasteiger partial charge in [-0.15, -0.1) is 0 Å². The molecule has 0 saturated heterocycles. The Morgan fingerprint density at radius 3 is 2.85 bits per heavy atom. The summed E-state index contributed by atoms with van der Waals surface area (Å²) < 4.78 is 0. The molecule has 0 spiro atoms. The molecule has 2 N–H and O–H groups in total. The molecule has 20 heavy (non-hydrogen) atoms. The minimum Gasteiger partial charge on any atom is -0.395 e. The molecule has 4 heteroatoms. The second-order valence-corrected chi connectivity index (χ2v) is 5.27. The number of aliphatic hydroxyl groups excluding tert-OH is 1. The molecule has 0 radical (unpaired) electrons. The number of aliphatic hydroxyl groups is 1. The maximum absolute atomic E-state index is 12.3. The number of nitrogens with one attached hydrogen (secondary N) is 1. The zero-order valence-corrected chi connectivity index (χ0v) is 12.8. The fourth-order valence-corrected chi connectivity index (χ4v) is 2.45. The third-order valence-electron chi connectivity index (χ3n) is 2.83. The zero-order chi connectivity index (χ0) is 14.8. The molecule has 0 fully saturated rings. The smallest absolute Gasteiger partial charge is 0.252 e. The lowest BCUT2D eigenvalue weighted by Crippen LogP contribution is -2.36. The molecule has 1 aromatic carbocycles. The number of carbonyl (C=O) groups is 1. The van der Waals surface area contributed by atoms with Crippen molar-refractivity contribution in [1.29, 1.82) is 0 Å². The van der Waals surface area contributed by atoms with Gasteiger partial charge in [0.05, 0.1) is 12.2 Å².